The van der Waals surface area contributed by atoms with E-state index in [4.69, 9.17) is 4.74 Å². The molecule has 0 aromatic rings. The molecule has 18 heavy (non-hydrogen) atoms. The van der Waals surface area contributed by atoms with Crippen LogP contribution in [0, 0.1) is 5.92 Å². The normalized spacial score (nSPS) is 19.3. The minimum atomic E-state index is -0.170. The van der Waals surface area contributed by atoms with Crippen LogP contribution in [0.25, 0.3) is 0 Å². The topological polar surface area (TPSA) is 58.6 Å². The third kappa shape index (κ3) is 4.64. The first-order chi connectivity index (χ1) is 8.69. The average molecular weight is 256 g/mol. The van der Waals surface area contributed by atoms with E-state index in [1.807, 2.05) is 0 Å². The van der Waals surface area contributed by atoms with Crippen molar-refractivity contribution < 1.29 is 14.3 Å². The van der Waals surface area contributed by atoms with Gasteiger partial charge in [-0.05, 0) is 12.8 Å². The maximum absolute atomic E-state index is 11.8. The Morgan fingerprint density at radius 3 is 2.94 bits per heavy atom. The van der Waals surface area contributed by atoms with E-state index in [1.54, 1.807) is 12.0 Å². The van der Waals surface area contributed by atoms with Crippen LogP contribution in [0.15, 0.2) is 0 Å². The second kappa shape index (κ2) is 8.08. The van der Waals surface area contributed by atoms with Gasteiger partial charge in [-0.1, -0.05) is 13.3 Å². The standard InChI is InChI=1S/C13H24N2O3/c1-3-4-6-14-13(17)11-9-12(16)15(10-11)7-5-8-18-2/h11H,3-10H2,1-2H3,(H,14,17). The lowest BCUT2D eigenvalue weighted by Crippen LogP contribution is -2.33. The fourth-order valence-corrected chi connectivity index (χ4v) is 2.10. The third-order valence-electron chi connectivity index (χ3n) is 3.19. The van der Waals surface area contributed by atoms with E-state index < -0.39 is 0 Å². The lowest BCUT2D eigenvalue weighted by molar-refractivity contribution is -0.129. The largest absolute Gasteiger partial charge is 0.385 e. The number of nitrogens with zero attached hydrogens (tertiary/aromatic N) is 1. The minimum Gasteiger partial charge on any atom is -0.385 e. The molecule has 0 radical (unpaired) electrons. The number of hydrogen-bond acceptors (Lipinski definition) is 3. The van der Waals surface area contributed by atoms with Gasteiger partial charge in [0, 0.05) is 39.8 Å². The Bertz CT molecular complexity index is 281. The van der Waals surface area contributed by atoms with Gasteiger partial charge in [0.15, 0.2) is 0 Å². The van der Waals surface area contributed by atoms with Crippen LogP contribution < -0.4 is 5.32 Å². The lowest BCUT2D eigenvalue weighted by Gasteiger charge is -2.16. The molecule has 5 nitrogen and oxygen atoms in total. The number of carbonyl (C=O) groups is 2. The van der Waals surface area contributed by atoms with Crippen LogP contribution in [-0.2, 0) is 14.3 Å². The van der Waals surface area contributed by atoms with Gasteiger partial charge in [-0.15, -0.1) is 0 Å². The molecular weight excluding hydrogens is 232 g/mol. The Balaban J connectivity index is 2.28. The summed E-state index contributed by atoms with van der Waals surface area (Å²) in [5.74, 6) is -0.0651. The Kier molecular flexibility index (Phi) is 6.72. The number of nitrogens with one attached hydrogen (secondary N) is 1. The zero-order chi connectivity index (χ0) is 13.4. The molecule has 1 N–H and O–H groups in total. The van der Waals surface area contributed by atoms with E-state index in [0.29, 0.717) is 32.7 Å². The van der Waals surface area contributed by atoms with Crippen LogP contribution in [0.2, 0.25) is 0 Å². The Morgan fingerprint density at radius 1 is 1.50 bits per heavy atom. The van der Waals surface area contributed by atoms with Crippen LogP contribution in [-0.4, -0.2) is 50.1 Å². The van der Waals surface area contributed by atoms with Gasteiger partial charge in [0.1, 0.15) is 0 Å². The Morgan fingerprint density at radius 2 is 2.28 bits per heavy atom. The van der Waals surface area contributed by atoms with Gasteiger partial charge in [0.2, 0.25) is 11.8 Å². The van der Waals surface area contributed by atoms with Gasteiger partial charge >= 0.3 is 0 Å². The van der Waals surface area contributed by atoms with Crippen LogP contribution in [0.3, 0.4) is 0 Å². The van der Waals surface area contributed by atoms with E-state index >= 15 is 0 Å². The van der Waals surface area contributed by atoms with Gasteiger partial charge in [-0.2, -0.15) is 0 Å². The molecule has 0 aromatic carbocycles. The number of hydrogen-bond donors (Lipinski definition) is 1. The van der Waals surface area contributed by atoms with Crippen molar-refractivity contribution in [2.45, 2.75) is 32.6 Å². The molecule has 0 aliphatic carbocycles. The molecule has 1 aliphatic rings. The van der Waals surface area contributed by atoms with Crippen molar-refractivity contribution in [3.63, 3.8) is 0 Å². The molecule has 0 saturated carbocycles. The maximum atomic E-state index is 11.8. The number of rotatable bonds is 8. The summed E-state index contributed by atoms with van der Waals surface area (Å²) in [6.45, 7) is 4.69. The molecule has 0 spiro atoms. The van der Waals surface area contributed by atoms with Crippen LogP contribution in [0.1, 0.15) is 32.6 Å². The molecule has 1 rings (SSSR count). The summed E-state index contributed by atoms with van der Waals surface area (Å²) in [6.07, 6.45) is 3.23. The molecule has 104 valence electrons. The van der Waals surface area contributed by atoms with Gasteiger partial charge < -0.3 is 15.0 Å². The van der Waals surface area contributed by atoms with E-state index in [0.717, 1.165) is 19.3 Å². The maximum Gasteiger partial charge on any atom is 0.225 e. The first kappa shape index (κ1) is 15.0. The monoisotopic (exact) mass is 256 g/mol. The number of likely N-dealkylation sites (tertiary alicyclic amines) is 1. The molecule has 2 amide bonds. The zero-order valence-corrected chi connectivity index (χ0v) is 11.4. The predicted molar refractivity (Wildman–Crippen MR) is 69.1 cm³/mol. The highest BCUT2D eigenvalue weighted by Crippen LogP contribution is 2.18. The van der Waals surface area contributed by atoms with Crippen molar-refractivity contribution in [1.29, 1.82) is 0 Å². The number of carbonyl (C=O) groups excluding carboxylic acids is 2. The first-order valence-corrected chi connectivity index (χ1v) is 6.73. The molecule has 5 heteroatoms. The van der Waals surface area contributed by atoms with Crippen LogP contribution >= 0.6 is 0 Å². The molecule has 1 fully saturated rings. The number of amides is 2. The highest BCUT2D eigenvalue weighted by atomic mass is 16.5. The van der Waals surface area contributed by atoms with Crippen LogP contribution in [0.5, 0.6) is 0 Å². The summed E-state index contributed by atoms with van der Waals surface area (Å²) in [7, 11) is 1.65. The van der Waals surface area contributed by atoms with Gasteiger partial charge in [-0.25, -0.2) is 0 Å². The highest BCUT2D eigenvalue weighted by molar-refractivity contribution is 5.89. The van der Waals surface area contributed by atoms with Crippen molar-refractivity contribution in [3.8, 4) is 0 Å². The average Bonchev–Trinajstić information content (AvgIpc) is 2.72. The summed E-state index contributed by atoms with van der Waals surface area (Å²) in [4.78, 5) is 25.3. The summed E-state index contributed by atoms with van der Waals surface area (Å²) in [5.41, 5.74) is 0. The molecular formula is C13H24N2O3. The van der Waals surface area contributed by atoms with Crippen molar-refractivity contribution in [1.82, 2.24) is 10.2 Å². The third-order valence-corrected chi connectivity index (χ3v) is 3.19. The summed E-state index contributed by atoms with van der Waals surface area (Å²) >= 11 is 0. The molecule has 1 saturated heterocycles. The summed E-state index contributed by atoms with van der Waals surface area (Å²) in [5, 5.41) is 2.89. The molecule has 0 bridgehead atoms. The quantitative estimate of drug-likeness (QED) is 0.653. The number of methoxy groups -OCH3 is 1. The minimum absolute atomic E-state index is 0.0195. The van der Waals surface area contributed by atoms with Gasteiger partial charge in [0.25, 0.3) is 0 Å². The number of ether oxygens (including phenoxy) is 1. The van der Waals surface area contributed by atoms with E-state index in [2.05, 4.69) is 12.2 Å². The Hall–Kier alpha value is -1.10. The molecule has 1 aliphatic heterocycles. The van der Waals surface area contributed by atoms with Gasteiger partial charge in [-0.3, -0.25) is 9.59 Å². The van der Waals surface area contributed by atoms with Crippen molar-refractivity contribution in [2.75, 3.05) is 33.4 Å². The van der Waals surface area contributed by atoms with Crippen molar-refractivity contribution >= 4 is 11.8 Å². The van der Waals surface area contributed by atoms with E-state index in [-0.39, 0.29) is 17.7 Å². The molecule has 1 atom stereocenters. The first-order valence-electron chi connectivity index (χ1n) is 6.73. The SMILES string of the molecule is CCCCNC(=O)C1CC(=O)N(CCCOC)C1. The highest BCUT2D eigenvalue weighted by Gasteiger charge is 2.33. The van der Waals surface area contributed by atoms with Gasteiger partial charge in [0.05, 0.1) is 5.92 Å². The fourth-order valence-electron chi connectivity index (χ4n) is 2.10. The number of unbranched alkanes of at least 4 members (excludes halogenated alkanes) is 1. The second-order valence-corrected chi connectivity index (χ2v) is 4.73. The van der Waals surface area contributed by atoms with E-state index in [9.17, 15) is 9.59 Å². The lowest BCUT2D eigenvalue weighted by atomic mass is 10.1. The van der Waals surface area contributed by atoms with Crippen LogP contribution in [0.4, 0.5) is 0 Å². The second-order valence-electron chi connectivity index (χ2n) is 4.73. The van der Waals surface area contributed by atoms with Crippen molar-refractivity contribution in [2.24, 2.45) is 5.92 Å². The zero-order valence-electron chi connectivity index (χ0n) is 11.4. The summed E-state index contributed by atoms with van der Waals surface area (Å²) in [6, 6.07) is 0. The van der Waals surface area contributed by atoms with E-state index in [1.165, 1.54) is 0 Å². The molecule has 1 heterocycles. The Labute approximate surface area is 109 Å². The smallest absolute Gasteiger partial charge is 0.225 e. The predicted octanol–water partition coefficient (Wildman–Crippen LogP) is 0.788. The molecule has 0 aromatic heterocycles. The molecule has 1 unspecified atom stereocenters. The fraction of sp³-hybridized carbons (Fsp3) is 0.846. The van der Waals surface area contributed by atoms with Crippen molar-refractivity contribution in [3.05, 3.63) is 0 Å². The summed E-state index contributed by atoms with van der Waals surface area (Å²) < 4.78 is 4.96.